The average Bonchev–Trinajstić information content (AvgIpc) is 3.17. The first kappa shape index (κ1) is 21.8. The molecule has 0 spiro atoms. The van der Waals surface area contributed by atoms with Gasteiger partial charge in [0.05, 0.1) is 11.8 Å². The van der Waals surface area contributed by atoms with Crippen molar-refractivity contribution in [1.29, 1.82) is 0 Å². The zero-order chi connectivity index (χ0) is 21.7. The highest BCUT2D eigenvalue weighted by Crippen LogP contribution is 2.35. The van der Waals surface area contributed by atoms with E-state index in [1.807, 2.05) is 25.1 Å². The van der Waals surface area contributed by atoms with Crippen LogP contribution in [0.4, 0.5) is 9.18 Å². The maximum atomic E-state index is 14.5. The second-order valence-electron chi connectivity index (χ2n) is 7.09. The fraction of sp³-hybridized carbons (Fsp3) is 0.318. The molecule has 2 aromatic rings. The van der Waals surface area contributed by atoms with Gasteiger partial charge >= 0.3 is 6.03 Å². The van der Waals surface area contributed by atoms with E-state index in [0.29, 0.717) is 34.8 Å². The summed E-state index contributed by atoms with van der Waals surface area (Å²) >= 11 is 6.31. The second-order valence-corrected chi connectivity index (χ2v) is 7.50. The molecule has 1 aliphatic rings. The number of carbonyl (C=O) groups is 2. The molecule has 158 valence electrons. The second kappa shape index (κ2) is 9.71. The maximum Gasteiger partial charge on any atom is 0.317 e. The van der Waals surface area contributed by atoms with E-state index >= 15 is 0 Å². The number of urea groups is 1. The van der Waals surface area contributed by atoms with Crippen molar-refractivity contribution >= 4 is 29.3 Å². The van der Waals surface area contributed by atoms with Gasteiger partial charge in [-0.15, -0.1) is 0 Å². The molecule has 0 saturated carbocycles. The van der Waals surface area contributed by atoms with Gasteiger partial charge in [0.25, 0.3) is 5.91 Å². The third-order valence-electron chi connectivity index (χ3n) is 4.86. The predicted molar refractivity (Wildman–Crippen MR) is 115 cm³/mol. The highest BCUT2D eigenvalue weighted by Gasteiger charge is 2.35. The molecule has 8 heteroatoms. The van der Waals surface area contributed by atoms with Crippen molar-refractivity contribution in [1.82, 2.24) is 15.2 Å². The van der Waals surface area contributed by atoms with E-state index < -0.39 is 17.8 Å². The van der Waals surface area contributed by atoms with Crippen LogP contribution < -0.4 is 5.32 Å². The van der Waals surface area contributed by atoms with Gasteiger partial charge in [-0.05, 0) is 18.6 Å². The molecule has 0 aliphatic carbocycles. The van der Waals surface area contributed by atoms with Gasteiger partial charge in [-0.2, -0.15) is 5.10 Å². The Labute approximate surface area is 180 Å². The number of benzene rings is 2. The first-order chi connectivity index (χ1) is 14.4. The number of rotatable bonds is 6. The minimum Gasteiger partial charge on any atom is -0.338 e. The van der Waals surface area contributed by atoms with Crippen LogP contribution >= 0.6 is 11.6 Å². The van der Waals surface area contributed by atoms with Gasteiger partial charge in [-0.1, -0.05) is 54.9 Å². The molecule has 1 atom stereocenters. The van der Waals surface area contributed by atoms with Crippen LogP contribution in [0.5, 0.6) is 0 Å². The normalized spacial score (nSPS) is 15.7. The quantitative estimate of drug-likeness (QED) is 0.746. The summed E-state index contributed by atoms with van der Waals surface area (Å²) in [7, 11) is 1.54. The van der Waals surface area contributed by atoms with Crippen molar-refractivity contribution in [3.63, 3.8) is 0 Å². The van der Waals surface area contributed by atoms with Gasteiger partial charge < -0.3 is 10.2 Å². The summed E-state index contributed by atoms with van der Waals surface area (Å²) < 4.78 is 14.5. The van der Waals surface area contributed by atoms with Crippen molar-refractivity contribution in [3.8, 4) is 0 Å². The highest BCUT2D eigenvalue weighted by molar-refractivity contribution is 6.34. The van der Waals surface area contributed by atoms with Crippen molar-refractivity contribution in [2.75, 3.05) is 20.1 Å². The Morgan fingerprint density at radius 1 is 1.23 bits per heavy atom. The summed E-state index contributed by atoms with van der Waals surface area (Å²) in [5.41, 5.74) is 1.67. The van der Waals surface area contributed by atoms with Crippen molar-refractivity contribution < 1.29 is 14.0 Å². The number of amides is 3. The Bertz CT molecular complexity index is 966. The van der Waals surface area contributed by atoms with Gasteiger partial charge in [-0.3, -0.25) is 4.79 Å². The molecule has 0 fully saturated rings. The van der Waals surface area contributed by atoms with E-state index in [2.05, 4.69) is 10.4 Å². The van der Waals surface area contributed by atoms with E-state index in [-0.39, 0.29) is 12.6 Å². The number of hydrazone groups is 1. The van der Waals surface area contributed by atoms with Crippen LogP contribution in [0.15, 0.2) is 53.6 Å². The van der Waals surface area contributed by atoms with Gasteiger partial charge in [0.15, 0.2) is 0 Å². The molecule has 0 radical (unpaired) electrons. The van der Waals surface area contributed by atoms with Gasteiger partial charge in [0, 0.05) is 36.2 Å². The van der Waals surface area contributed by atoms with E-state index in [1.54, 1.807) is 24.3 Å². The van der Waals surface area contributed by atoms with E-state index in [1.165, 1.54) is 23.0 Å². The standard InChI is InChI=1S/C22H24ClFN4O2/c1-3-12-25-22(30)27(2)14-21(29)28-20(16-9-5-7-11-18(16)24)13-19(26-28)15-8-4-6-10-17(15)23/h4-11,20H,3,12-14H2,1-2H3,(H,25,30)/t20-/m0/s1. The summed E-state index contributed by atoms with van der Waals surface area (Å²) in [6.07, 6.45) is 1.11. The number of nitrogens with zero attached hydrogens (tertiary/aromatic N) is 3. The van der Waals surface area contributed by atoms with Gasteiger partial charge in [0.2, 0.25) is 0 Å². The summed E-state index contributed by atoms with van der Waals surface area (Å²) in [6.45, 7) is 2.28. The van der Waals surface area contributed by atoms with Crippen LogP contribution in [-0.4, -0.2) is 47.7 Å². The van der Waals surface area contributed by atoms with E-state index in [0.717, 1.165) is 6.42 Å². The van der Waals surface area contributed by atoms with Crippen LogP contribution in [-0.2, 0) is 4.79 Å². The van der Waals surface area contributed by atoms with Gasteiger partial charge in [0.1, 0.15) is 12.4 Å². The molecule has 1 aliphatic heterocycles. The summed E-state index contributed by atoms with van der Waals surface area (Å²) in [4.78, 5) is 26.4. The third kappa shape index (κ3) is 4.79. The zero-order valence-electron chi connectivity index (χ0n) is 16.9. The summed E-state index contributed by atoms with van der Waals surface area (Å²) in [6, 6.07) is 12.6. The summed E-state index contributed by atoms with van der Waals surface area (Å²) in [5, 5.41) is 8.98. The number of halogens is 2. The first-order valence-electron chi connectivity index (χ1n) is 9.80. The van der Waals surface area contributed by atoms with Crippen LogP contribution in [0.2, 0.25) is 5.02 Å². The van der Waals surface area contributed by atoms with Crippen LogP contribution in [0.3, 0.4) is 0 Å². The molecule has 0 bridgehead atoms. The van der Waals surface area contributed by atoms with E-state index in [9.17, 15) is 14.0 Å². The largest absolute Gasteiger partial charge is 0.338 e. The Morgan fingerprint density at radius 3 is 2.63 bits per heavy atom. The zero-order valence-corrected chi connectivity index (χ0v) is 17.7. The number of hydrogen-bond acceptors (Lipinski definition) is 3. The maximum absolute atomic E-state index is 14.5. The predicted octanol–water partition coefficient (Wildman–Crippen LogP) is 4.21. The summed E-state index contributed by atoms with van der Waals surface area (Å²) in [5.74, 6) is -0.815. The van der Waals surface area contributed by atoms with Gasteiger partial charge in [-0.25, -0.2) is 14.2 Å². The third-order valence-corrected chi connectivity index (χ3v) is 5.19. The average molecular weight is 431 g/mol. The molecule has 1 N–H and O–H groups in total. The van der Waals surface area contributed by atoms with Crippen LogP contribution in [0.25, 0.3) is 0 Å². The Morgan fingerprint density at radius 2 is 1.93 bits per heavy atom. The highest BCUT2D eigenvalue weighted by atomic mass is 35.5. The number of hydrogen-bond donors (Lipinski definition) is 1. The lowest BCUT2D eigenvalue weighted by Gasteiger charge is -2.25. The molecular weight excluding hydrogens is 407 g/mol. The topological polar surface area (TPSA) is 65.0 Å². The Balaban J connectivity index is 1.88. The molecule has 6 nitrogen and oxygen atoms in total. The van der Waals surface area contributed by atoms with Crippen molar-refractivity contribution in [3.05, 3.63) is 70.5 Å². The number of nitrogens with one attached hydrogen (secondary N) is 1. The smallest absolute Gasteiger partial charge is 0.317 e. The number of carbonyl (C=O) groups excluding carboxylic acids is 2. The molecule has 2 aromatic carbocycles. The lowest BCUT2D eigenvalue weighted by molar-refractivity contribution is -0.133. The lowest BCUT2D eigenvalue weighted by Crippen LogP contribution is -2.43. The van der Waals surface area contributed by atoms with Crippen molar-refractivity contribution in [2.24, 2.45) is 5.10 Å². The molecule has 0 saturated heterocycles. The Kier molecular flexibility index (Phi) is 7.05. The number of likely N-dealkylation sites (N-methyl/N-ethyl adjacent to an activating group) is 1. The molecule has 30 heavy (non-hydrogen) atoms. The minimum absolute atomic E-state index is 0.181. The SMILES string of the molecule is CCCNC(=O)N(C)CC(=O)N1N=C(c2ccccc2Cl)C[C@H]1c1ccccc1F. The van der Waals surface area contributed by atoms with Crippen LogP contribution in [0.1, 0.15) is 36.9 Å². The van der Waals surface area contributed by atoms with Crippen LogP contribution in [0, 0.1) is 5.82 Å². The lowest BCUT2D eigenvalue weighted by atomic mass is 9.98. The fourth-order valence-electron chi connectivity index (χ4n) is 3.30. The minimum atomic E-state index is -0.614. The van der Waals surface area contributed by atoms with E-state index in [4.69, 9.17) is 11.6 Å². The Hall–Kier alpha value is -2.93. The monoisotopic (exact) mass is 430 g/mol. The molecule has 3 amide bonds. The molecule has 0 unspecified atom stereocenters. The fourth-order valence-corrected chi connectivity index (χ4v) is 3.54. The molecule has 3 rings (SSSR count). The van der Waals surface area contributed by atoms with Crippen molar-refractivity contribution in [2.45, 2.75) is 25.8 Å². The molecule has 1 heterocycles. The molecular formula is C22H24ClFN4O2. The first-order valence-corrected chi connectivity index (χ1v) is 10.2. The molecule has 0 aromatic heterocycles.